The fraction of sp³-hybridized carbons (Fsp3) is 0.647. The summed E-state index contributed by atoms with van der Waals surface area (Å²) in [5.41, 5.74) is 1.83. The van der Waals surface area contributed by atoms with E-state index in [1.807, 2.05) is 13.0 Å². The maximum atomic E-state index is 10.8. The molecule has 0 aromatic carbocycles. The minimum Gasteiger partial charge on any atom is -0.481 e. The van der Waals surface area contributed by atoms with Crippen LogP contribution in [0.25, 0.3) is 0 Å². The van der Waals surface area contributed by atoms with E-state index in [4.69, 9.17) is 15.3 Å². The average molecular weight is 328 g/mol. The smallest absolute Gasteiger partial charge is 0.328 e. The highest BCUT2D eigenvalue weighted by atomic mass is 16.4. The highest BCUT2D eigenvalue weighted by Gasteiger charge is 2.24. The number of aliphatic hydroxyl groups is 2. The Kier molecular flexibility index (Phi) is 11.0. The van der Waals surface area contributed by atoms with Crippen molar-refractivity contribution in [2.75, 3.05) is 6.61 Å². The van der Waals surface area contributed by atoms with Crippen LogP contribution in [0.4, 0.5) is 0 Å². The summed E-state index contributed by atoms with van der Waals surface area (Å²) in [4.78, 5) is 21.3. The molecule has 0 rings (SSSR count). The Labute approximate surface area is 137 Å². The van der Waals surface area contributed by atoms with Gasteiger partial charge < -0.3 is 20.4 Å². The molecule has 4 N–H and O–H groups in total. The van der Waals surface area contributed by atoms with Crippen LogP contribution >= 0.6 is 0 Å². The quantitative estimate of drug-likeness (QED) is 0.248. The van der Waals surface area contributed by atoms with Crippen molar-refractivity contribution in [2.45, 2.75) is 58.5 Å². The molecule has 0 aliphatic carbocycles. The number of rotatable bonds is 12. The minimum absolute atomic E-state index is 0.368. The lowest BCUT2D eigenvalue weighted by atomic mass is 9.97. The first kappa shape index (κ1) is 21.3. The number of aliphatic hydroxyl groups excluding tert-OH is 2. The Balaban J connectivity index is 3.91. The summed E-state index contributed by atoms with van der Waals surface area (Å²) in [7, 11) is 0. The molecule has 0 fully saturated rings. The summed E-state index contributed by atoms with van der Waals surface area (Å²) < 4.78 is 0. The molecular weight excluding hydrogens is 300 g/mol. The molecule has 0 aromatic heterocycles. The third-order valence-electron chi connectivity index (χ3n) is 3.62. The molecule has 6 heteroatoms. The van der Waals surface area contributed by atoms with Gasteiger partial charge in [0.2, 0.25) is 0 Å². The van der Waals surface area contributed by atoms with E-state index < -0.39 is 30.6 Å². The van der Waals surface area contributed by atoms with Gasteiger partial charge in [0, 0.05) is 6.08 Å². The SMILES string of the molecule is CC(=CC(=O)O)C=C(C)CCCCCCC(O)C(CO)C(=O)O. The molecule has 0 spiro atoms. The van der Waals surface area contributed by atoms with Crippen LogP contribution in [0.3, 0.4) is 0 Å². The second-order valence-electron chi connectivity index (χ2n) is 5.86. The van der Waals surface area contributed by atoms with Gasteiger partial charge in [-0.05, 0) is 38.7 Å². The summed E-state index contributed by atoms with van der Waals surface area (Å²) in [5, 5.41) is 36.0. The average Bonchev–Trinajstić information content (AvgIpc) is 2.41. The van der Waals surface area contributed by atoms with Crippen molar-refractivity contribution in [3.05, 3.63) is 23.3 Å². The number of carboxylic acids is 2. The van der Waals surface area contributed by atoms with Gasteiger partial charge in [-0.15, -0.1) is 0 Å². The van der Waals surface area contributed by atoms with Gasteiger partial charge in [0.15, 0.2) is 0 Å². The second-order valence-corrected chi connectivity index (χ2v) is 5.86. The fourth-order valence-corrected chi connectivity index (χ4v) is 2.37. The summed E-state index contributed by atoms with van der Waals surface area (Å²) in [6.45, 7) is 3.16. The van der Waals surface area contributed by atoms with Crippen molar-refractivity contribution in [3.8, 4) is 0 Å². The van der Waals surface area contributed by atoms with Crippen molar-refractivity contribution in [1.82, 2.24) is 0 Å². The van der Waals surface area contributed by atoms with E-state index in [1.165, 1.54) is 6.08 Å². The van der Waals surface area contributed by atoms with Crippen LogP contribution in [-0.4, -0.2) is 45.1 Å². The topological polar surface area (TPSA) is 115 Å². The van der Waals surface area contributed by atoms with E-state index in [-0.39, 0.29) is 0 Å². The van der Waals surface area contributed by atoms with E-state index in [9.17, 15) is 14.7 Å². The van der Waals surface area contributed by atoms with Gasteiger partial charge in [0.05, 0.1) is 12.7 Å². The van der Waals surface area contributed by atoms with Crippen LogP contribution in [0.1, 0.15) is 52.4 Å². The zero-order valence-corrected chi connectivity index (χ0v) is 13.9. The number of aliphatic carboxylic acids is 2. The van der Waals surface area contributed by atoms with Crippen molar-refractivity contribution >= 4 is 11.9 Å². The van der Waals surface area contributed by atoms with E-state index in [0.717, 1.165) is 31.3 Å². The lowest BCUT2D eigenvalue weighted by Crippen LogP contribution is -2.31. The molecule has 0 saturated carbocycles. The Morgan fingerprint density at radius 3 is 2.13 bits per heavy atom. The van der Waals surface area contributed by atoms with Gasteiger partial charge in [0.25, 0.3) is 0 Å². The Morgan fingerprint density at radius 1 is 1.00 bits per heavy atom. The van der Waals surface area contributed by atoms with Gasteiger partial charge in [-0.1, -0.05) is 30.9 Å². The highest BCUT2D eigenvalue weighted by Crippen LogP contribution is 2.15. The van der Waals surface area contributed by atoms with E-state index in [0.29, 0.717) is 18.4 Å². The zero-order chi connectivity index (χ0) is 17.8. The monoisotopic (exact) mass is 328 g/mol. The molecular formula is C17H28O6. The number of carbonyl (C=O) groups is 2. The Hall–Kier alpha value is -1.66. The molecule has 0 aliphatic rings. The summed E-state index contributed by atoms with van der Waals surface area (Å²) in [6, 6.07) is 0. The fourth-order valence-electron chi connectivity index (χ4n) is 2.37. The van der Waals surface area contributed by atoms with Crippen LogP contribution in [0, 0.1) is 5.92 Å². The van der Waals surface area contributed by atoms with Crippen molar-refractivity contribution in [3.63, 3.8) is 0 Å². The molecule has 0 heterocycles. The highest BCUT2D eigenvalue weighted by molar-refractivity contribution is 5.81. The molecule has 2 atom stereocenters. The zero-order valence-electron chi connectivity index (χ0n) is 13.9. The molecule has 2 unspecified atom stereocenters. The first-order valence-corrected chi connectivity index (χ1v) is 7.88. The molecule has 0 aliphatic heterocycles. The van der Waals surface area contributed by atoms with E-state index in [1.54, 1.807) is 6.92 Å². The largest absolute Gasteiger partial charge is 0.481 e. The predicted octanol–water partition coefficient (Wildman–Crippen LogP) is 2.36. The van der Waals surface area contributed by atoms with Crippen molar-refractivity contribution < 1.29 is 30.0 Å². The predicted molar refractivity (Wildman–Crippen MR) is 87.1 cm³/mol. The molecule has 0 saturated heterocycles. The van der Waals surface area contributed by atoms with Gasteiger partial charge in [-0.25, -0.2) is 4.79 Å². The number of carboxylic acid groups (broad SMARTS) is 2. The summed E-state index contributed by atoms with van der Waals surface area (Å²) >= 11 is 0. The van der Waals surface area contributed by atoms with Gasteiger partial charge in [-0.2, -0.15) is 0 Å². The standard InChI is InChI=1S/C17H28O6/c1-12(9-13(2)10-16(20)21)7-5-3-4-6-8-15(19)14(11-18)17(22)23/h9-10,14-15,18-19H,3-8,11H2,1-2H3,(H,20,21)(H,22,23). The Bertz CT molecular complexity index is 438. The molecule has 0 amide bonds. The normalized spacial score (nSPS) is 15.3. The van der Waals surface area contributed by atoms with Crippen LogP contribution in [-0.2, 0) is 9.59 Å². The molecule has 0 radical (unpaired) electrons. The lowest BCUT2D eigenvalue weighted by molar-refractivity contribution is -0.147. The second kappa shape index (κ2) is 11.8. The van der Waals surface area contributed by atoms with Gasteiger partial charge in [-0.3, -0.25) is 4.79 Å². The van der Waals surface area contributed by atoms with E-state index >= 15 is 0 Å². The molecule has 0 bridgehead atoms. The molecule has 0 aromatic rings. The Morgan fingerprint density at radius 2 is 1.61 bits per heavy atom. The summed E-state index contributed by atoms with van der Waals surface area (Å²) in [6.07, 6.45) is 6.77. The lowest BCUT2D eigenvalue weighted by Gasteiger charge is -2.16. The van der Waals surface area contributed by atoms with E-state index in [2.05, 4.69) is 0 Å². The van der Waals surface area contributed by atoms with Crippen LogP contribution in [0.15, 0.2) is 23.3 Å². The number of hydrogen-bond donors (Lipinski definition) is 4. The van der Waals surface area contributed by atoms with Gasteiger partial charge >= 0.3 is 11.9 Å². The molecule has 132 valence electrons. The number of unbranched alkanes of at least 4 members (excludes halogenated alkanes) is 3. The van der Waals surface area contributed by atoms with Crippen LogP contribution in [0.5, 0.6) is 0 Å². The number of allylic oxidation sites excluding steroid dienone is 3. The van der Waals surface area contributed by atoms with Crippen LogP contribution < -0.4 is 0 Å². The third kappa shape index (κ3) is 10.7. The van der Waals surface area contributed by atoms with Crippen molar-refractivity contribution in [1.29, 1.82) is 0 Å². The number of hydrogen-bond acceptors (Lipinski definition) is 4. The molecule has 23 heavy (non-hydrogen) atoms. The van der Waals surface area contributed by atoms with Crippen LogP contribution in [0.2, 0.25) is 0 Å². The first-order valence-electron chi connectivity index (χ1n) is 7.88. The molecule has 6 nitrogen and oxygen atoms in total. The van der Waals surface area contributed by atoms with Crippen molar-refractivity contribution in [2.24, 2.45) is 5.92 Å². The maximum absolute atomic E-state index is 10.8. The van der Waals surface area contributed by atoms with Gasteiger partial charge in [0.1, 0.15) is 5.92 Å². The summed E-state index contributed by atoms with van der Waals surface area (Å²) in [5.74, 6) is -3.23. The first-order chi connectivity index (χ1) is 10.8. The maximum Gasteiger partial charge on any atom is 0.328 e. The minimum atomic E-state index is -1.18. The third-order valence-corrected chi connectivity index (χ3v) is 3.62.